The van der Waals surface area contributed by atoms with Crippen LogP contribution in [0.25, 0.3) is 20.7 Å². The second-order valence-corrected chi connectivity index (χ2v) is 15.8. The van der Waals surface area contributed by atoms with Gasteiger partial charge >= 0.3 is 0 Å². The van der Waals surface area contributed by atoms with E-state index in [4.69, 9.17) is 21.4 Å². The van der Waals surface area contributed by atoms with Gasteiger partial charge in [-0.3, -0.25) is 28.8 Å². The van der Waals surface area contributed by atoms with Crippen LogP contribution in [-0.4, -0.2) is 56.6 Å². The van der Waals surface area contributed by atoms with Crippen LogP contribution in [0, 0.1) is 36.0 Å². The molecule has 2 saturated heterocycles. The molecule has 4 amide bonds. The lowest BCUT2D eigenvalue weighted by Gasteiger charge is -2.49. The lowest BCUT2D eigenvalue weighted by Crippen LogP contribution is -2.48. The molecule has 12 heteroatoms. The summed E-state index contributed by atoms with van der Waals surface area (Å²) < 4.78 is 8.41. The predicted molar refractivity (Wildman–Crippen MR) is 195 cm³/mol. The number of allylic oxidation sites excluding steroid dienone is 2. The summed E-state index contributed by atoms with van der Waals surface area (Å²) in [6.07, 6.45) is 3.33. The van der Waals surface area contributed by atoms with Crippen molar-refractivity contribution >= 4 is 62.5 Å². The first-order valence-electron chi connectivity index (χ1n) is 17.5. The number of hydrogen-bond donors (Lipinski definition) is 1. The van der Waals surface area contributed by atoms with Crippen molar-refractivity contribution in [1.29, 1.82) is 0 Å². The summed E-state index contributed by atoms with van der Waals surface area (Å²) in [4.78, 5) is 60.9. The van der Waals surface area contributed by atoms with Gasteiger partial charge < -0.3 is 9.84 Å². The highest BCUT2D eigenvalue weighted by molar-refractivity contribution is 7.22. The summed E-state index contributed by atoms with van der Waals surface area (Å²) in [5, 5.41) is 17.1. The summed E-state index contributed by atoms with van der Waals surface area (Å²) >= 11 is 7.88. The minimum Gasteiger partial charge on any atom is -0.504 e. The Morgan fingerprint density at radius 1 is 1.04 bits per heavy atom. The Morgan fingerprint density at radius 3 is 2.57 bits per heavy atom. The number of phenols is 1. The van der Waals surface area contributed by atoms with Crippen LogP contribution >= 0.6 is 22.9 Å². The van der Waals surface area contributed by atoms with Crippen LogP contribution in [0.15, 0.2) is 54.1 Å². The molecule has 4 aromatic rings. The monoisotopic (exact) mass is 726 g/mol. The number of hydrogen-bond acceptors (Lipinski definition) is 8. The van der Waals surface area contributed by atoms with Crippen LogP contribution in [0.5, 0.6) is 11.5 Å². The molecule has 2 aliphatic carbocycles. The number of nitrogens with zero attached hydrogens (tertiary/aromatic N) is 4. The van der Waals surface area contributed by atoms with Gasteiger partial charge in [0.2, 0.25) is 23.6 Å². The topological polar surface area (TPSA) is 122 Å². The van der Waals surface area contributed by atoms with E-state index in [2.05, 4.69) is 0 Å². The number of fused-ring (bicyclic) bond motifs is 5. The number of rotatable bonds is 7. The largest absolute Gasteiger partial charge is 0.504 e. The summed E-state index contributed by atoms with van der Waals surface area (Å²) in [6.45, 7) is 8.30. The summed E-state index contributed by atoms with van der Waals surface area (Å²) in [5.74, 6) is -3.38. The fraction of sp³-hybridized carbons (Fsp3) is 0.410. The molecular weight excluding hydrogens is 688 g/mol. The Kier molecular flexibility index (Phi) is 7.95. The molecule has 1 saturated carbocycles. The van der Waals surface area contributed by atoms with Gasteiger partial charge in [0.25, 0.3) is 0 Å². The molecule has 6 unspecified atom stereocenters. The number of amides is 4. The molecule has 2 aromatic heterocycles. The molecule has 4 heterocycles. The number of benzene rings is 2. The Bertz CT molecular complexity index is 2210. The van der Waals surface area contributed by atoms with Crippen molar-refractivity contribution in [3.8, 4) is 22.1 Å². The first-order chi connectivity index (χ1) is 24.4. The molecule has 0 bridgehead atoms. The number of imide groups is 2. The van der Waals surface area contributed by atoms with E-state index in [0.29, 0.717) is 48.1 Å². The van der Waals surface area contributed by atoms with Crippen LogP contribution in [-0.2, 0) is 26.2 Å². The average Bonchev–Trinajstić information content (AvgIpc) is 3.77. The Labute approximate surface area is 304 Å². The van der Waals surface area contributed by atoms with E-state index in [0.717, 1.165) is 26.1 Å². The fourth-order valence-corrected chi connectivity index (χ4v) is 10.6. The maximum absolute atomic E-state index is 15.0. The van der Waals surface area contributed by atoms with Crippen LogP contribution in [0.3, 0.4) is 0 Å². The molecule has 1 N–H and O–H groups in total. The molecule has 0 radical (unpaired) electrons. The number of aryl methyl sites for hydroxylation is 2. The molecule has 2 aliphatic heterocycles. The van der Waals surface area contributed by atoms with Gasteiger partial charge in [0.1, 0.15) is 11.5 Å². The zero-order valence-corrected chi connectivity index (χ0v) is 30.7. The normalized spacial score (nSPS) is 27.3. The molecule has 264 valence electrons. The number of thiophene rings is 1. The van der Waals surface area contributed by atoms with Crippen molar-refractivity contribution in [3.63, 3.8) is 0 Å². The number of likely N-dealkylation sites (tertiary alicyclic amines) is 1. The van der Waals surface area contributed by atoms with Gasteiger partial charge in [-0.25, -0.2) is 4.90 Å². The van der Waals surface area contributed by atoms with Gasteiger partial charge in [-0.15, -0.1) is 11.3 Å². The number of aromatic hydroxyl groups is 1. The minimum atomic E-state index is -1.24. The SMILES string of the molecule is CCCN1C(=O)C2CC=C3C(CC4C(=O)N(c5cc(-c6sc7ccc(Cl)cc7c6C)nn5C)C(=O)C4(C)C3c3ccc(O)c(OCC)c3)C2C1=O. The maximum Gasteiger partial charge on any atom is 0.242 e. The van der Waals surface area contributed by atoms with Gasteiger partial charge in [0, 0.05) is 35.3 Å². The third kappa shape index (κ3) is 4.76. The van der Waals surface area contributed by atoms with Crippen molar-refractivity contribution < 1.29 is 29.0 Å². The van der Waals surface area contributed by atoms with Crippen molar-refractivity contribution in [2.24, 2.45) is 36.1 Å². The number of phenolic OH excluding ortho intramolecular Hbond substituents is 1. The number of carbonyl (C=O) groups is 4. The van der Waals surface area contributed by atoms with Crippen LogP contribution in [0.1, 0.15) is 57.1 Å². The van der Waals surface area contributed by atoms with Crippen LogP contribution in [0.2, 0.25) is 5.02 Å². The number of anilines is 1. The third-order valence-electron chi connectivity index (χ3n) is 11.6. The first kappa shape index (κ1) is 33.7. The standard InChI is InChI=1S/C39H39ClN4O6S/c1-6-14-43-35(46)23-11-10-22-25(32(23)37(43)48)17-26-36(47)44(38(49)39(26,4)33(22)20-8-12-28(45)29(15-20)50-7-2)31-18-27(41-42(31)5)34-19(3)24-16-21(40)9-13-30(24)51-34/h8-10,12-13,15-16,18,23,25-26,32-33,45H,6-7,11,14,17H2,1-5H3. The number of halogens is 1. The Morgan fingerprint density at radius 2 is 1.82 bits per heavy atom. The third-order valence-corrected chi connectivity index (χ3v) is 13.2. The van der Waals surface area contributed by atoms with Crippen molar-refractivity contribution in [3.05, 3.63) is 70.3 Å². The fourth-order valence-electron chi connectivity index (χ4n) is 9.32. The first-order valence-corrected chi connectivity index (χ1v) is 18.7. The zero-order chi connectivity index (χ0) is 36.1. The van der Waals surface area contributed by atoms with Gasteiger partial charge in [-0.05, 0) is 92.8 Å². The molecule has 3 fully saturated rings. The van der Waals surface area contributed by atoms with E-state index in [1.165, 1.54) is 9.80 Å². The highest BCUT2D eigenvalue weighted by Crippen LogP contribution is 2.64. The number of ether oxygens (including phenoxy) is 1. The molecule has 4 aliphatic rings. The second-order valence-electron chi connectivity index (χ2n) is 14.4. The van der Waals surface area contributed by atoms with E-state index >= 15 is 4.79 Å². The van der Waals surface area contributed by atoms with E-state index in [1.54, 1.807) is 47.3 Å². The van der Waals surface area contributed by atoms with E-state index in [1.807, 2.05) is 52.0 Å². The minimum absolute atomic E-state index is 0.0317. The molecule has 2 aromatic carbocycles. The van der Waals surface area contributed by atoms with Gasteiger partial charge in [-0.2, -0.15) is 5.10 Å². The van der Waals surface area contributed by atoms with E-state index < -0.39 is 35.0 Å². The quantitative estimate of drug-likeness (QED) is 0.161. The molecule has 51 heavy (non-hydrogen) atoms. The average molecular weight is 727 g/mol. The zero-order valence-electron chi connectivity index (χ0n) is 29.1. The highest BCUT2D eigenvalue weighted by Gasteiger charge is 2.68. The van der Waals surface area contributed by atoms with Gasteiger partial charge in [0.15, 0.2) is 11.5 Å². The van der Waals surface area contributed by atoms with Crippen molar-refractivity contribution in [1.82, 2.24) is 14.7 Å². The Hall–Kier alpha value is -4.48. The lowest BCUT2D eigenvalue weighted by molar-refractivity contribution is -0.140. The summed E-state index contributed by atoms with van der Waals surface area (Å²) in [5.41, 5.74) is 2.00. The summed E-state index contributed by atoms with van der Waals surface area (Å²) in [6, 6.07) is 12.6. The van der Waals surface area contributed by atoms with Crippen LogP contribution < -0.4 is 9.64 Å². The highest BCUT2D eigenvalue weighted by atomic mass is 35.5. The predicted octanol–water partition coefficient (Wildman–Crippen LogP) is 7.01. The smallest absolute Gasteiger partial charge is 0.242 e. The second kappa shape index (κ2) is 12.1. The van der Waals surface area contributed by atoms with Crippen molar-refractivity contribution in [2.45, 2.75) is 52.9 Å². The summed E-state index contributed by atoms with van der Waals surface area (Å²) in [7, 11) is 1.73. The molecular formula is C39H39ClN4O6S. The Balaban J connectivity index is 1.25. The maximum atomic E-state index is 15.0. The molecule has 10 nitrogen and oxygen atoms in total. The molecule has 6 atom stereocenters. The molecule has 0 spiro atoms. The molecule has 8 rings (SSSR count). The van der Waals surface area contributed by atoms with E-state index in [-0.39, 0.29) is 41.5 Å². The van der Waals surface area contributed by atoms with E-state index in [9.17, 15) is 19.5 Å². The van der Waals surface area contributed by atoms with Gasteiger partial charge in [-0.1, -0.05) is 36.2 Å². The van der Waals surface area contributed by atoms with Crippen LogP contribution in [0.4, 0.5) is 5.82 Å². The lowest BCUT2D eigenvalue weighted by atomic mass is 9.51. The number of carbonyl (C=O) groups excluding carboxylic acids is 4. The van der Waals surface area contributed by atoms with Crippen molar-refractivity contribution in [2.75, 3.05) is 18.1 Å². The van der Waals surface area contributed by atoms with Gasteiger partial charge in [0.05, 0.1) is 34.7 Å². The number of aromatic nitrogens is 2.